The van der Waals surface area contributed by atoms with Crippen LogP contribution < -0.4 is 20.1 Å². The van der Waals surface area contributed by atoms with Gasteiger partial charge >= 0.3 is 0 Å². The van der Waals surface area contributed by atoms with Crippen molar-refractivity contribution in [3.05, 3.63) is 72.3 Å². The molecule has 0 aliphatic heterocycles. The zero-order chi connectivity index (χ0) is 25.0. The molecule has 8 heteroatoms. The molecule has 3 aromatic rings. The van der Waals surface area contributed by atoms with E-state index in [-0.39, 0.29) is 17.9 Å². The Morgan fingerprint density at radius 1 is 1.11 bits per heavy atom. The van der Waals surface area contributed by atoms with Gasteiger partial charge in [0, 0.05) is 36.6 Å². The summed E-state index contributed by atoms with van der Waals surface area (Å²) in [7, 11) is 1.61. The Bertz CT molecular complexity index is 1100. The van der Waals surface area contributed by atoms with E-state index in [0.29, 0.717) is 42.3 Å². The fraction of sp³-hybridized carbons (Fsp3) is 0.370. The molecule has 0 fully saturated rings. The average molecular weight is 479 g/mol. The first-order valence-corrected chi connectivity index (χ1v) is 12.0. The Kier molecular flexibility index (Phi) is 9.71. The van der Waals surface area contributed by atoms with E-state index in [0.717, 1.165) is 24.8 Å². The van der Waals surface area contributed by atoms with Gasteiger partial charge in [0.15, 0.2) is 11.5 Å². The minimum Gasteiger partial charge on any atom is -0.493 e. The van der Waals surface area contributed by atoms with Crippen LogP contribution >= 0.6 is 0 Å². The molecule has 2 aromatic carbocycles. The number of carbonyl (C=O) groups is 2. The lowest BCUT2D eigenvalue weighted by Crippen LogP contribution is -2.26. The highest BCUT2D eigenvalue weighted by Crippen LogP contribution is 2.30. The minimum absolute atomic E-state index is 0.131. The first-order valence-electron chi connectivity index (χ1n) is 12.0. The van der Waals surface area contributed by atoms with Crippen LogP contribution in [0.2, 0.25) is 0 Å². The van der Waals surface area contributed by atoms with Crippen LogP contribution in [0.5, 0.6) is 11.5 Å². The van der Waals surface area contributed by atoms with Gasteiger partial charge in [-0.25, -0.2) is 4.98 Å². The largest absolute Gasteiger partial charge is 0.493 e. The summed E-state index contributed by atoms with van der Waals surface area (Å²) in [5.74, 6) is 0.974. The molecule has 3 rings (SSSR count). The van der Waals surface area contributed by atoms with Crippen molar-refractivity contribution >= 4 is 17.5 Å². The van der Waals surface area contributed by atoms with Crippen molar-refractivity contribution in [2.24, 2.45) is 0 Å². The summed E-state index contributed by atoms with van der Waals surface area (Å²) in [6.07, 6.45) is 8.72. The summed E-state index contributed by atoms with van der Waals surface area (Å²) < 4.78 is 13.2. The van der Waals surface area contributed by atoms with Crippen molar-refractivity contribution in [1.29, 1.82) is 0 Å². The molecule has 35 heavy (non-hydrogen) atoms. The van der Waals surface area contributed by atoms with Gasteiger partial charge in [-0.05, 0) is 49.2 Å². The molecule has 2 amide bonds. The summed E-state index contributed by atoms with van der Waals surface area (Å²) in [5.41, 5.74) is 1.94. The van der Waals surface area contributed by atoms with Gasteiger partial charge in [-0.3, -0.25) is 9.59 Å². The summed E-state index contributed by atoms with van der Waals surface area (Å²) in [6.45, 7) is 5.25. The van der Waals surface area contributed by atoms with E-state index in [1.54, 1.807) is 43.9 Å². The number of methoxy groups -OCH3 is 1. The maximum atomic E-state index is 12.9. The van der Waals surface area contributed by atoms with Crippen molar-refractivity contribution in [1.82, 2.24) is 14.9 Å². The predicted octanol–water partition coefficient (Wildman–Crippen LogP) is 4.98. The summed E-state index contributed by atoms with van der Waals surface area (Å²) >= 11 is 0. The number of hydrogen-bond acceptors (Lipinski definition) is 5. The second-order valence-electron chi connectivity index (χ2n) is 8.34. The van der Waals surface area contributed by atoms with Crippen LogP contribution in [-0.2, 0) is 11.3 Å². The number of carbonyl (C=O) groups excluding carboxylic acids is 2. The molecule has 1 atom stereocenters. The van der Waals surface area contributed by atoms with Gasteiger partial charge in [0.05, 0.1) is 26.1 Å². The Balaban J connectivity index is 1.57. The third-order valence-corrected chi connectivity index (χ3v) is 5.61. The molecule has 0 bridgehead atoms. The molecule has 1 heterocycles. The Morgan fingerprint density at radius 3 is 2.71 bits per heavy atom. The predicted molar refractivity (Wildman–Crippen MR) is 136 cm³/mol. The molecule has 0 spiro atoms. The number of rotatable bonds is 13. The third-order valence-electron chi connectivity index (χ3n) is 5.61. The highest BCUT2D eigenvalue weighted by Gasteiger charge is 2.15. The lowest BCUT2D eigenvalue weighted by Gasteiger charge is -2.17. The highest BCUT2D eigenvalue weighted by atomic mass is 16.5. The number of benzene rings is 2. The van der Waals surface area contributed by atoms with Gasteiger partial charge in [-0.15, -0.1) is 0 Å². The van der Waals surface area contributed by atoms with Crippen molar-refractivity contribution in [3.8, 4) is 11.5 Å². The number of hydrogen-bond donors (Lipinski definition) is 2. The van der Waals surface area contributed by atoms with Gasteiger partial charge in [-0.2, -0.15) is 0 Å². The van der Waals surface area contributed by atoms with E-state index >= 15 is 0 Å². The molecule has 0 aliphatic carbocycles. The summed E-state index contributed by atoms with van der Waals surface area (Å²) in [4.78, 5) is 29.1. The van der Waals surface area contributed by atoms with Crippen LogP contribution in [0.15, 0.2) is 61.2 Å². The molecular formula is C27H34N4O4. The van der Waals surface area contributed by atoms with Crippen LogP contribution in [0, 0.1) is 0 Å². The molecule has 186 valence electrons. The van der Waals surface area contributed by atoms with Gasteiger partial charge in [-0.1, -0.05) is 31.9 Å². The lowest BCUT2D eigenvalue weighted by atomic mass is 10.1. The highest BCUT2D eigenvalue weighted by molar-refractivity contribution is 5.97. The second-order valence-corrected chi connectivity index (χ2v) is 8.34. The molecular weight excluding hydrogens is 444 g/mol. The van der Waals surface area contributed by atoms with Crippen LogP contribution in [-0.4, -0.2) is 35.1 Å². The Labute approximate surface area is 206 Å². The summed E-state index contributed by atoms with van der Waals surface area (Å²) in [5, 5.41) is 5.86. The topological polar surface area (TPSA) is 94.5 Å². The normalized spacial score (nSPS) is 11.5. The first-order chi connectivity index (χ1) is 17.0. The van der Waals surface area contributed by atoms with Crippen molar-refractivity contribution in [3.63, 3.8) is 0 Å². The van der Waals surface area contributed by atoms with Crippen LogP contribution in [0.3, 0.4) is 0 Å². The zero-order valence-corrected chi connectivity index (χ0v) is 20.6. The third kappa shape index (κ3) is 7.88. The van der Waals surface area contributed by atoms with Crippen molar-refractivity contribution in [2.75, 3.05) is 19.0 Å². The smallest absolute Gasteiger partial charge is 0.251 e. The number of anilines is 1. The standard InChI is InChI=1S/C27H34N4O4/c1-4-5-6-16-35-24-11-10-21(18-25(24)34-3)20(2)29-27(33)22-8-7-9-23(17-22)30-26(32)12-14-31-15-13-28-19-31/h7-11,13,15,17-20H,4-6,12,14,16H2,1-3H3,(H,29,33)(H,30,32). The molecule has 0 aliphatic rings. The van der Waals surface area contributed by atoms with E-state index < -0.39 is 0 Å². The zero-order valence-electron chi connectivity index (χ0n) is 20.6. The van der Waals surface area contributed by atoms with Gasteiger partial charge < -0.3 is 24.7 Å². The quantitative estimate of drug-likeness (QED) is 0.338. The molecule has 0 saturated carbocycles. The maximum absolute atomic E-state index is 12.9. The van der Waals surface area contributed by atoms with E-state index in [1.807, 2.05) is 35.9 Å². The van der Waals surface area contributed by atoms with E-state index in [2.05, 4.69) is 22.5 Å². The summed E-state index contributed by atoms with van der Waals surface area (Å²) in [6, 6.07) is 12.3. The van der Waals surface area contributed by atoms with E-state index in [1.165, 1.54) is 0 Å². The Morgan fingerprint density at radius 2 is 1.97 bits per heavy atom. The fourth-order valence-electron chi connectivity index (χ4n) is 3.58. The van der Waals surface area contributed by atoms with E-state index in [4.69, 9.17) is 9.47 Å². The van der Waals surface area contributed by atoms with Crippen LogP contribution in [0.25, 0.3) is 0 Å². The first kappa shape index (κ1) is 25.8. The molecule has 8 nitrogen and oxygen atoms in total. The van der Waals surface area contributed by atoms with E-state index in [9.17, 15) is 9.59 Å². The van der Waals surface area contributed by atoms with Crippen LogP contribution in [0.4, 0.5) is 5.69 Å². The average Bonchev–Trinajstić information content (AvgIpc) is 3.39. The number of nitrogens with one attached hydrogen (secondary N) is 2. The number of aryl methyl sites for hydroxylation is 1. The lowest BCUT2D eigenvalue weighted by molar-refractivity contribution is -0.116. The number of amides is 2. The number of nitrogens with zero attached hydrogens (tertiary/aromatic N) is 2. The monoisotopic (exact) mass is 478 g/mol. The van der Waals surface area contributed by atoms with Gasteiger partial charge in [0.1, 0.15) is 0 Å². The molecule has 2 N–H and O–H groups in total. The number of ether oxygens (including phenoxy) is 2. The number of aromatic nitrogens is 2. The van der Waals surface area contributed by atoms with Gasteiger partial charge in [0.2, 0.25) is 5.91 Å². The minimum atomic E-state index is -0.251. The SMILES string of the molecule is CCCCCOc1ccc(C(C)NC(=O)c2cccc(NC(=O)CCn3ccnc3)c2)cc1OC. The molecule has 0 saturated heterocycles. The van der Waals surface area contributed by atoms with Crippen molar-refractivity contribution < 1.29 is 19.1 Å². The maximum Gasteiger partial charge on any atom is 0.251 e. The number of imidazole rings is 1. The molecule has 0 radical (unpaired) electrons. The second kappa shape index (κ2) is 13.2. The molecule has 1 aromatic heterocycles. The Hall–Kier alpha value is -3.81. The molecule has 1 unspecified atom stereocenters. The van der Waals surface area contributed by atoms with Crippen LogP contribution in [0.1, 0.15) is 61.5 Å². The fourth-order valence-corrected chi connectivity index (χ4v) is 3.58. The number of unbranched alkanes of at least 4 members (excludes halogenated alkanes) is 2. The van der Waals surface area contributed by atoms with Crippen molar-refractivity contribution in [2.45, 2.75) is 52.1 Å². The van der Waals surface area contributed by atoms with Gasteiger partial charge in [0.25, 0.3) is 5.91 Å².